The standard InChI is InChI=1S/C17H16Cl2N4O3S/c1-6(24)7(2)26-17-22-13(8-3-4-9(18)10(19)5-8)11-12(20)14(15(21)25)27-16(11)23-17/h3-7,24H,20H2,1-2H3,(H2,21,25)/t6?,7-/m1/s1. The third-order valence-electron chi connectivity index (χ3n) is 3.96. The highest BCUT2D eigenvalue weighted by atomic mass is 35.5. The normalized spacial score (nSPS) is 13.5. The number of carbonyl (C=O) groups is 1. The summed E-state index contributed by atoms with van der Waals surface area (Å²) in [6.07, 6.45) is -1.27. The van der Waals surface area contributed by atoms with Crippen LogP contribution in [0.5, 0.6) is 6.01 Å². The van der Waals surface area contributed by atoms with E-state index in [1.165, 1.54) is 0 Å². The van der Waals surface area contributed by atoms with Gasteiger partial charge in [-0.05, 0) is 26.0 Å². The minimum atomic E-state index is -0.729. The summed E-state index contributed by atoms with van der Waals surface area (Å²) in [7, 11) is 0. The fraction of sp³-hybridized carbons (Fsp3) is 0.235. The lowest BCUT2D eigenvalue weighted by Gasteiger charge is -2.16. The van der Waals surface area contributed by atoms with Crippen molar-refractivity contribution in [3.05, 3.63) is 33.1 Å². The zero-order valence-electron chi connectivity index (χ0n) is 14.4. The molecule has 2 heterocycles. The van der Waals surface area contributed by atoms with Crippen molar-refractivity contribution in [2.24, 2.45) is 5.73 Å². The number of carbonyl (C=O) groups excluding carboxylic acids is 1. The Morgan fingerprint density at radius 1 is 1.26 bits per heavy atom. The molecule has 2 aromatic heterocycles. The van der Waals surface area contributed by atoms with Gasteiger partial charge in [-0.3, -0.25) is 4.79 Å². The van der Waals surface area contributed by atoms with E-state index in [4.69, 9.17) is 39.4 Å². The van der Waals surface area contributed by atoms with Crippen molar-refractivity contribution in [3.8, 4) is 17.3 Å². The highest BCUT2D eigenvalue weighted by Gasteiger charge is 2.23. The Hall–Kier alpha value is -2.13. The first kappa shape index (κ1) is 19.6. The molecule has 0 saturated carbocycles. The van der Waals surface area contributed by atoms with Crippen LogP contribution >= 0.6 is 34.5 Å². The van der Waals surface area contributed by atoms with Crippen molar-refractivity contribution in [1.29, 1.82) is 0 Å². The predicted molar refractivity (Wildman–Crippen MR) is 108 cm³/mol. The first-order chi connectivity index (χ1) is 12.7. The number of ether oxygens (including phenoxy) is 1. The van der Waals surface area contributed by atoms with E-state index in [-0.39, 0.29) is 16.6 Å². The van der Waals surface area contributed by atoms with Gasteiger partial charge in [0.1, 0.15) is 15.8 Å². The van der Waals surface area contributed by atoms with Gasteiger partial charge in [-0.15, -0.1) is 11.3 Å². The van der Waals surface area contributed by atoms with Crippen LogP contribution in [0.3, 0.4) is 0 Å². The molecule has 0 aliphatic carbocycles. The summed E-state index contributed by atoms with van der Waals surface area (Å²) < 4.78 is 5.63. The second kappa shape index (κ2) is 7.47. The number of thiophene rings is 1. The number of anilines is 1. The number of aliphatic hydroxyl groups excluding tert-OH is 1. The van der Waals surface area contributed by atoms with Crippen LogP contribution in [0, 0.1) is 0 Å². The third-order valence-corrected chi connectivity index (χ3v) is 5.81. The van der Waals surface area contributed by atoms with Crippen LogP contribution in [0.15, 0.2) is 18.2 Å². The molecule has 3 aromatic rings. The Bertz CT molecular complexity index is 1040. The summed E-state index contributed by atoms with van der Waals surface area (Å²) in [5.74, 6) is -0.657. The lowest BCUT2D eigenvalue weighted by Crippen LogP contribution is -2.26. The molecule has 0 aliphatic heterocycles. The van der Waals surface area contributed by atoms with E-state index in [9.17, 15) is 9.90 Å². The number of hydrogen-bond acceptors (Lipinski definition) is 7. The molecule has 7 nitrogen and oxygen atoms in total. The van der Waals surface area contributed by atoms with Gasteiger partial charge in [0.25, 0.3) is 5.91 Å². The summed E-state index contributed by atoms with van der Waals surface area (Å²) in [6.45, 7) is 3.28. The molecule has 10 heteroatoms. The fourth-order valence-electron chi connectivity index (χ4n) is 2.36. The summed E-state index contributed by atoms with van der Waals surface area (Å²) in [5, 5.41) is 10.9. The molecule has 142 valence electrons. The van der Waals surface area contributed by atoms with Gasteiger partial charge >= 0.3 is 6.01 Å². The molecule has 2 atom stereocenters. The van der Waals surface area contributed by atoms with Crippen molar-refractivity contribution in [3.63, 3.8) is 0 Å². The third kappa shape index (κ3) is 3.79. The smallest absolute Gasteiger partial charge is 0.318 e. The molecule has 5 N–H and O–H groups in total. The number of nitrogens with zero attached hydrogens (tertiary/aromatic N) is 2. The molecule has 27 heavy (non-hydrogen) atoms. The monoisotopic (exact) mass is 426 g/mol. The first-order valence-corrected chi connectivity index (χ1v) is 9.46. The van der Waals surface area contributed by atoms with Crippen molar-refractivity contribution >= 4 is 56.3 Å². The van der Waals surface area contributed by atoms with E-state index in [1.807, 2.05) is 0 Å². The van der Waals surface area contributed by atoms with Crippen LogP contribution < -0.4 is 16.2 Å². The maximum atomic E-state index is 11.7. The molecular weight excluding hydrogens is 411 g/mol. The van der Waals surface area contributed by atoms with E-state index < -0.39 is 18.1 Å². The zero-order chi connectivity index (χ0) is 19.9. The Balaban J connectivity index is 2.27. The van der Waals surface area contributed by atoms with E-state index in [1.54, 1.807) is 32.0 Å². The number of aliphatic hydroxyl groups is 1. The Labute approximate surface area is 168 Å². The van der Waals surface area contributed by atoms with Crippen LogP contribution in [-0.4, -0.2) is 33.2 Å². The number of primary amides is 1. The fourth-order valence-corrected chi connectivity index (χ4v) is 3.59. The molecule has 0 aliphatic rings. The highest BCUT2D eigenvalue weighted by molar-refractivity contribution is 7.21. The summed E-state index contributed by atoms with van der Waals surface area (Å²) in [5.41, 5.74) is 12.8. The van der Waals surface area contributed by atoms with Gasteiger partial charge in [0.2, 0.25) is 0 Å². The number of amides is 1. The zero-order valence-corrected chi connectivity index (χ0v) is 16.7. The Morgan fingerprint density at radius 3 is 2.56 bits per heavy atom. The number of hydrogen-bond donors (Lipinski definition) is 3. The molecule has 0 radical (unpaired) electrons. The van der Waals surface area contributed by atoms with Crippen LogP contribution in [-0.2, 0) is 0 Å². The molecule has 3 rings (SSSR count). The van der Waals surface area contributed by atoms with Crippen molar-refractivity contribution in [1.82, 2.24) is 9.97 Å². The number of nitrogens with two attached hydrogens (primary N) is 2. The summed E-state index contributed by atoms with van der Waals surface area (Å²) >= 11 is 13.2. The van der Waals surface area contributed by atoms with E-state index in [2.05, 4.69) is 9.97 Å². The van der Waals surface area contributed by atoms with E-state index in [0.29, 0.717) is 31.5 Å². The number of benzene rings is 1. The number of rotatable bonds is 5. The molecule has 0 spiro atoms. The number of halogens is 2. The second-order valence-electron chi connectivity index (χ2n) is 5.94. The van der Waals surface area contributed by atoms with Gasteiger partial charge in [0.15, 0.2) is 0 Å². The first-order valence-electron chi connectivity index (χ1n) is 7.89. The number of nitrogen functional groups attached to an aromatic ring is 1. The topological polar surface area (TPSA) is 124 Å². The van der Waals surface area contributed by atoms with Gasteiger partial charge in [0, 0.05) is 5.56 Å². The van der Waals surface area contributed by atoms with Crippen LogP contribution in [0.4, 0.5) is 5.69 Å². The maximum Gasteiger partial charge on any atom is 0.318 e. The van der Waals surface area contributed by atoms with Crippen molar-refractivity contribution in [2.45, 2.75) is 26.1 Å². The number of aromatic nitrogens is 2. The predicted octanol–water partition coefficient (Wildman–Crippen LogP) is 3.49. The summed E-state index contributed by atoms with van der Waals surface area (Å²) in [4.78, 5) is 21.0. The molecule has 1 aromatic carbocycles. The van der Waals surface area contributed by atoms with Crippen molar-refractivity contribution in [2.75, 3.05) is 5.73 Å². The van der Waals surface area contributed by atoms with Crippen LogP contribution in [0.25, 0.3) is 21.5 Å². The average molecular weight is 427 g/mol. The van der Waals surface area contributed by atoms with Gasteiger partial charge in [-0.1, -0.05) is 29.3 Å². The van der Waals surface area contributed by atoms with Gasteiger partial charge in [0.05, 0.1) is 32.9 Å². The summed E-state index contributed by atoms with van der Waals surface area (Å²) in [6, 6.07) is 5.02. The molecule has 1 amide bonds. The Kier molecular flexibility index (Phi) is 5.43. The molecule has 1 unspecified atom stereocenters. The lowest BCUT2D eigenvalue weighted by atomic mass is 10.1. The largest absolute Gasteiger partial charge is 0.458 e. The molecular formula is C17H16Cl2N4O3S. The van der Waals surface area contributed by atoms with E-state index in [0.717, 1.165) is 11.3 Å². The quantitative estimate of drug-likeness (QED) is 0.573. The van der Waals surface area contributed by atoms with Crippen LogP contribution in [0.2, 0.25) is 10.0 Å². The van der Waals surface area contributed by atoms with Gasteiger partial charge in [-0.25, -0.2) is 0 Å². The minimum Gasteiger partial charge on any atom is -0.458 e. The molecule has 0 saturated heterocycles. The average Bonchev–Trinajstić information content (AvgIpc) is 2.93. The Morgan fingerprint density at radius 2 is 1.96 bits per heavy atom. The van der Waals surface area contributed by atoms with E-state index >= 15 is 0 Å². The minimum absolute atomic E-state index is 0.0363. The SMILES string of the molecule is CC(O)[C@@H](C)Oc1nc(-c2ccc(Cl)c(Cl)c2)c2c(N)c(C(N)=O)sc2n1. The van der Waals surface area contributed by atoms with Gasteiger partial charge in [-0.2, -0.15) is 9.97 Å². The molecule has 0 bridgehead atoms. The number of fused-ring (bicyclic) bond motifs is 1. The van der Waals surface area contributed by atoms with Crippen LogP contribution in [0.1, 0.15) is 23.5 Å². The van der Waals surface area contributed by atoms with Gasteiger partial charge < -0.3 is 21.3 Å². The second-order valence-corrected chi connectivity index (χ2v) is 7.75. The lowest BCUT2D eigenvalue weighted by molar-refractivity contribution is 0.0545. The highest BCUT2D eigenvalue weighted by Crippen LogP contribution is 2.40. The van der Waals surface area contributed by atoms with Crippen molar-refractivity contribution < 1.29 is 14.6 Å². The molecule has 0 fully saturated rings. The maximum absolute atomic E-state index is 11.7.